The number of nitrogens with one attached hydrogen (secondary N) is 1. The van der Waals surface area contributed by atoms with E-state index in [9.17, 15) is 0 Å². The van der Waals surface area contributed by atoms with Crippen LogP contribution in [0.3, 0.4) is 0 Å². The van der Waals surface area contributed by atoms with Gasteiger partial charge in [0.05, 0.1) is 0 Å². The van der Waals surface area contributed by atoms with Gasteiger partial charge in [0, 0.05) is 31.6 Å². The SMILES string of the molecule is CC1CN(CS)CCN1. The molecule has 0 aromatic carbocycles. The van der Waals surface area contributed by atoms with E-state index in [1.165, 1.54) is 0 Å². The highest BCUT2D eigenvalue weighted by molar-refractivity contribution is 7.80. The lowest BCUT2D eigenvalue weighted by Crippen LogP contribution is -2.48. The second-order valence-corrected chi connectivity index (χ2v) is 2.86. The Labute approximate surface area is 62.0 Å². The molecule has 0 aliphatic carbocycles. The van der Waals surface area contributed by atoms with Crippen molar-refractivity contribution in [1.29, 1.82) is 0 Å². The molecule has 0 amide bonds. The number of hydrogen-bond acceptors (Lipinski definition) is 3. The molecule has 1 rings (SSSR count). The first kappa shape index (κ1) is 7.38. The third-order valence-electron chi connectivity index (χ3n) is 1.65. The van der Waals surface area contributed by atoms with Crippen LogP contribution in [0.4, 0.5) is 0 Å². The lowest BCUT2D eigenvalue weighted by Gasteiger charge is -2.30. The maximum absolute atomic E-state index is 4.20. The van der Waals surface area contributed by atoms with Gasteiger partial charge in [-0.15, -0.1) is 0 Å². The lowest BCUT2D eigenvalue weighted by atomic mass is 10.2. The molecule has 0 aromatic rings. The van der Waals surface area contributed by atoms with Crippen molar-refractivity contribution in [2.45, 2.75) is 13.0 Å². The molecule has 9 heavy (non-hydrogen) atoms. The van der Waals surface area contributed by atoms with Gasteiger partial charge in [-0.2, -0.15) is 12.6 Å². The summed E-state index contributed by atoms with van der Waals surface area (Å²) in [4.78, 5) is 2.34. The molecular formula is C6H14N2S. The van der Waals surface area contributed by atoms with Gasteiger partial charge in [0.15, 0.2) is 0 Å². The average molecular weight is 146 g/mol. The molecule has 0 saturated carbocycles. The molecule has 1 atom stereocenters. The molecule has 1 aliphatic rings. The number of piperazine rings is 1. The van der Waals surface area contributed by atoms with Gasteiger partial charge >= 0.3 is 0 Å². The summed E-state index contributed by atoms with van der Waals surface area (Å²) in [7, 11) is 0. The third-order valence-corrected chi connectivity index (χ3v) is 2.05. The summed E-state index contributed by atoms with van der Waals surface area (Å²) in [6.07, 6.45) is 0. The Kier molecular flexibility index (Phi) is 2.82. The predicted molar refractivity (Wildman–Crippen MR) is 42.9 cm³/mol. The van der Waals surface area contributed by atoms with E-state index in [1.54, 1.807) is 0 Å². The largest absolute Gasteiger partial charge is 0.312 e. The van der Waals surface area contributed by atoms with E-state index >= 15 is 0 Å². The van der Waals surface area contributed by atoms with E-state index in [0.29, 0.717) is 6.04 Å². The molecule has 0 spiro atoms. The molecule has 1 saturated heterocycles. The van der Waals surface area contributed by atoms with Crippen molar-refractivity contribution in [2.75, 3.05) is 25.5 Å². The Morgan fingerprint density at radius 1 is 1.78 bits per heavy atom. The Bertz CT molecular complexity index is 87.1. The zero-order chi connectivity index (χ0) is 6.69. The van der Waals surface area contributed by atoms with Crippen LogP contribution in [-0.4, -0.2) is 36.5 Å². The maximum atomic E-state index is 4.20. The fraction of sp³-hybridized carbons (Fsp3) is 1.00. The molecule has 2 nitrogen and oxygen atoms in total. The van der Waals surface area contributed by atoms with Gasteiger partial charge in [0.1, 0.15) is 0 Å². The normalized spacial score (nSPS) is 30.7. The van der Waals surface area contributed by atoms with Crippen LogP contribution >= 0.6 is 12.6 Å². The third kappa shape index (κ3) is 2.16. The van der Waals surface area contributed by atoms with E-state index in [0.717, 1.165) is 25.5 Å². The smallest absolute Gasteiger partial charge is 0.0415 e. The topological polar surface area (TPSA) is 15.3 Å². The van der Waals surface area contributed by atoms with Gasteiger partial charge in [-0.1, -0.05) is 0 Å². The fourth-order valence-corrected chi connectivity index (χ4v) is 1.40. The first-order chi connectivity index (χ1) is 4.33. The Balaban J connectivity index is 2.23. The first-order valence-corrected chi connectivity index (χ1v) is 4.03. The summed E-state index contributed by atoms with van der Waals surface area (Å²) in [5.74, 6) is 0.895. The quantitative estimate of drug-likeness (QED) is 0.513. The van der Waals surface area contributed by atoms with Gasteiger partial charge in [-0.25, -0.2) is 0 Å². The van der Waals surface area contributed by atoms with Crippen LogP contribution in [0.15, 0.2) is 0 Å². The van der Waals surface area contributed by atoms with Crippen molar-refractivity contribution in [3.8, 4) is 0 Å². The van der Waals surface area contributed by atoms with Crippen molar-refractivity contribution >= 4 is 12.6 Å². The van der Waals surface area contributed by atoms with Crippen LogP contribution in [0.2, 0.25) is 0 Å². The minimum absolute atomic E-state index is 0.644. The molecule has 1 aliphatic heterocycles. The molecule has 0 bridgehead atoms. The molecule has 3 heteroatoms. The number of thiol groups is 1. The summed E-state index contributed by atoms with van der Waals surface area (Å²) in [6, 6.07) is 0.644. The first-order valence-electron chi connectivity index (χ1n) is 3.39. The fourth-order valence-electron chi connectivity index (χ4n) is 1.14. The van der Waals surface area contributed by atoms with Gasteiger partial charge in [0.25, 0.3) is 0 Å². The predicted octanol–water partition coefficient (Wildman–Crippen LogP) is 0.167. The van der Waals surface area contributed by atoms with E-state index in [4.69, 9.17) is 0 Å². The van der Waals surface area contributed by atoms with E-state index in [2.05, 4.69) is 29.8 Å². The summed E-state index contributed by atoms with van der Waals surface area (Å²) in [5.41, 5.74) is 0. The molecular weight excluding hydrogens is 132 g/mol. The van der Waals surface area contributed by atoms with Crippen molar-refractivity contribution in [3.63, 3.8) is 0 Å². The molecule has 54 valence electrons. The van der Waals surface area contributed by atoms with Crippen molar-refractivity contribution < 1.29 is 0 Å². The second-order valence-electron chi connectivity index (χ2n) is 2.57. The molecule has 1 unspecified atom stereocenters. The monoisotopic (exact) mass is 146 g/mol. The Morgan fingerprint density at radius 2 is 2.56 bits per heavy atom. The minimum atomic E-state index is 0.644. The van der Waals surface area contributed by atoms with E-state index in [1.807, 2.05) is 0 Å². The van der Waals surface area contributed by atoms with Gasteiger partial charge < -0.3 is 5.32 Å². The van der Waals surface area contributed by atoms with Crippen molar-refractivity contribution in [1.82, 2.24) is 10.2 Å². The Morgan fingerprint density at radius 3 is 3.00 bits per heavy atom. The standard InChI is InChI=1S/C6H14N2S/c1-6-4-8(5-9)3-2-7-6/h6-7,9H,2-5H2,1H3. The van der Waals surface area contributed by atoms with Gasteiger partial charge in [0.2, 0.25) is 0 Å². The summed E-state index contributed by atoms with van der Waals surface area (Å²) < 4.78 is 0. The van der Waals surface area contributed by atoms with Crippen LogP contribution in [0, 0.1) is 0 Å². The van der Waals surface area contributed by atoms with Gasteiger partial charge in [-0.05, 0) is 6.92 Å². The lowest BCUT2D eigenvalue weighted by molar-refractivity contribution is 0.240. The van der Waals surface area contributed by atoms with Crippen LogP contribution < -0.4 is 5.32 Å². The average Bonchev–Trinajstić information content (AvgIpc) is 1.88. The zero-order valence-corrected chi connectivity index (χ0v) is 6.69. The van der Waals surface area contributed by atoms with E-state index < -0.39 is 0 Å². The number of rotatable bonds is 1. The number of hydrogen-bond donors (Lipinski definition) is 2. The van der Waals surface area contributed by atoms with Crippen LogP contribution in [-0.2, 0) is 0 Å². The van der Waals surface area contributed by atoms with Crippen molar-refractivity contribution in [2.24, 2.45) is 0 Å². The summed E-state index contributed by atoms with van der Waals surface area (Å²) in [5, 5.41) is 3.37. The minimum Gasteiger partial charge on any atom is -0.312 e. The zero-order valence-electron chi connectivity index (χ0n) is 5.80. The van der Waals surface area contributed by atoms with Crippen LogP contribution in [0.5, 0.6) is 0 Å². The van der Waals surface area contributed by atoms with Crippen LogP contribution in [0.25, 0.3) is 0 Å². The molecule has 1 N–H and O–H groups in total. The van der Waals surface area contributed by atoms with E-state index in [-0.39, 0.29) is 0 Å². The maximum Gasteiger partial charge on any atom is 0.0415 e. The highest BCUT2D eigenvalue weighted by Crippen LogP contribution is 1.97. The molecule has 1 heterocycles. The van der Waals surface area contributed by atoms with Crippen molar-refractivity contribution in [3.05, 3.63) is 0 Å². The summed E-state index contributed by atoms with van der Waals surface area (Å²) >= 11 is 4.20. The highest BCUT2D eigenvalue weighted by Gasteiger charge is 2.12. The van der Waals surface area contributed by atoms with Crippen LogP contribution in [0.1, 0.15) is 6.92 Å². The highest BCUT2D eigenvalue weighted by atomic mass is 32.1. The van der Waals surface area contributed by atoms with Gasteiger partial charge in [-0.3, -0.25) is 4.90 Å². The number of nitrogens with zero attached hydrogens (tertiary/aromatic N) is 1. The summed E-state index contributed by atoms with van der Waals surface area (Å²) in [6.45, 7) is 5.61. The molecule has 1 fully saturated rings. The molecule has 0 radical (unpaired) electrons. The Hall–Kier alpha value is 0.270. The second kappa shape index (κ2) is 3.44. The molecule has 0 aromatic heterocycles.